The molecule has 2 rings (SSSR count). The highest BCUT2D eigenvalue weighted by atomic mass is 16.5. The summed E-state index contributed by atoms with van der Waals surface area (Å²) in [6.07, 6.45) is 1.17. The van der Waals surface area contributed by atoms with Crippen molar-refractivity contribution in [3.63, 3.8) is 0 Å². The minimum Gasteiger partial charge on any atom is -0.492 e. The molecule has 1 aliphatic rings. The van der Waals surface area contributed by atoms with Crippen LogP contribution < -0.4 is 10.1 Å². The Bertz CT molecular complexity index is 398. The van der Waals surface area contributed by atoms with Gasteiger partial charge in [-0.2, -0.15) is 0 Å². The topological polar surface area (TPSA) is 61.8 Å². The second-order valence-corrected chi connectivity index (χ2v) is 4.62. The Balaban J connectivity index is 1.74. The molecule has 0 saturated carbocycles. The van der Waals surface area contributed by atoms with Crippen LogP contribution in [0.15, 0.2) is 24.3 Å². The number of carboxylic acid groups (broad SMARTS) is 1. The zero-order valence-corrected chi connectivity index (χ0v) is 11.0. The van der Waals surface area contributed by atoms with Crippen molar-refractivity contribution in [2.45, 2.75) is 6.42 Å². The van der Waals surface area contributed by atoms with Gasteiger partial charge in [0.2, 0.25) is 0 Å². The minimum absolute atomic E-state index is 0.283. The molecule has 1 fully saturated rings. The average Bonchev–Trinajstić information content (AvgIpc) is 2.68. The van der Waals surface area contributed by atoms with Crippen molar-refractivity contribution >= 4 is 5.97 Å². The summed E-state index contributed by atoms with van der Waals surface area (Å²) in [5.74, 6) is -0.193. The molecule has 1 aromatic carbocycles. The molecule has 1 aliphatic heterocycles. The van der Waals surface area contributed by atoms with Crippen molar-refractivity contribution in [1.82, 2.24) is 10.2 Å². The number of rotatable bonds is 5. The van der Waals surface area contributed by atoms with Crippen molar-refractivity contribution in [1.29, 1.82) is 0 Å². The van der Waals surface area contributed by atoms with E-state index in [0.29, 0.717) is 6.61 Å². The maximum atomic E-state index is 10.7. The van der Waals surface area contributed by atoms with E-state index >= 15 is 0 Å². The van der Waals surface area contributed by atoms with Crippen LogP contribution in [0.1, 0.15) is 16.8 Å². The van der Waals surface area contributed by atoms with E-state index < -0.39 is 5.97 Å². The van der Waals surface area contributed by atoms with E-state index in [1.54, 1.807) is 24.3 Å². The number of benzene rings is 1. The van der Waals surface area contributed by atoms with E-state index in [1.165, 1.54) is 6.42 Å². The summed E-state index contributed by atoms with van der Waals surface area (Å²) in [5.41, 5.74) is 0.283. The molecule has 19 heavy (non-hydrogen) atoms. The largest absolute Gasteiger partial charge is 0.492 e. The lowest BCUT2D eigenvalue weighted by molar-refractivity contribution is 0.0697. The first-order valence-electron chi connectivity index (χ1n) is 6.65. The first-order valence-corrected chi connectivity index (χ1v) is 6.65. The van der Waals surface area contributed by atoms with Gasteiger partial charge in [0.1, 0.15) is 12.4 Å². The standard InChI is InChI=1S/C14H20N2O3/c17-14(18)12-2-4-13(5-3-12)19-11-10-16-8-1-6-15-7-9-16/h2-5,15H,1,6-11H2,(H,17,18). The van der Waals surface area contributed by atoms with Crippen LogP contribution in [0.3, 0.4) is 0 Å². The molecule has 0 spiro atoms. The lowest BCUT2D eigenvalue weighted by Gasteiger charge is -2.19. The van der Waals surface area contributed by atoms with Gasteiger partial charge in [-0.3, -0.25) is 4.90 Å². The van der Waals surface area contributed by atoms with Gasteiger partial charge in [0, 0.05) is 19.6 Å². The second kappa shape index (κ2) is 7.11. The molecule has 0 aromatic heterocycles. The summed E-state index contributed by atoms with van der Waals surface area (Å²) < 4.78 is 5.63. The van der Waals surface area contributed by atoms with Gasteiger partial charge in [0.05, 0.1) is 5.56 Å². The first kappa shape index (κ1) is 13.8. The number of carbonyl (C=O) groups is 1. The van der Waals surface area contributed by atoms with Gasteiger partial charge in [0.15, 0.2) is 0 Å². The van der Waals surface area contributed by atoms with E-state index in [9.17, 15) is 4.79 Å². The lowest BCUT2D eigenvalue weighted by Crippen LogP contribution is -2.31. The number of aromatic carboxylic acids is 1. The van der Waals surface area contributed by atoms with Crippen LogP contribution in [0.4, 0.5) is 0 Å². The molecule has 0 amide bonds. The Morgan fingerprint density at radius 2 is 2.05 bits per heavy atom. The molecule has 5 nitrogen and oxygen atoms in total. The minimum atomic E-state index is -0.913. The molecule has 1 heterocycles. The maximum Gasteiger partial charge on any atom is 0.335 e. The van der Waals surface area contributed by atoms with E-state index in [1.807, 2.05) is 0 Å². The number of nitrogens with one attached hydrogen (secondary N) is 1. The third-order valence-electron chi connectivity index (χ3n) is 3.21. The molecular weight excluding hydrogens is 244 g/mol. The number of nitrogens with zero attached hydrogens (tertiary/aromatic N) is 1. The zero-order valence-electron chi connectivity index (χ0n) is 11.0. The van der Waals surface area contributed by atoms with Crippen molar-refractivity contribution in [3.05, 3.63) is 29.8 Å². The van der Waals surface area contributed by atoms with E-state index in [-0.39, 0.29) is 5.56 Å². The normalized spacial score (nSPS) is 16.8. The SMILES string of the molecule is O=C(O)c1ccc(OCCN2CCCNCC2)cc1. The molecule has 0 unspecified atom stereocenters. The summed E-state index contributed by atoms with van der Waals surface area (Å²) in [7, 11) is 0. The van der Waals surface area contributed by atoms with E-state index in [0.717, 1.165) is 38.5 Å². The van der Waals surface area contributed by atoms with Crippen LogP contribution >= 0.6 is 0 Å². The maximum absolute atomic E-state index is 10.7. The van der Waals surface area contributed by atoms with Gasteiger partial charge in [-0.05, 0) is 43.8 Å². The quantitative estimate of drug-likeness (QED) is 0.832. The van der Waals surface area contributed by atoms with Gasteiger partial charge in [-0.25, -0.2) is 4.79 Å². The van der Waals surface area contributed by atoms with Crippen molar-refractivity contribution in [2.24, 2.45) is 0 Å². The number of hydrogen-bond acceptors (Lipinski definition) is 4. The highest BCUT2D eigenvalue weighted by Gasteiger charge is 2.08. The molecule has 0 atom stereocenters. The second-order valence-electron chi connectivity index (χ2n) is 4.62. The monoisotopic (exact) mass is 264 g/mol. The van der Waals surface area contributed by atoms with Crippen molar-refractivity contribution in [2.75, 3.05) is 39.3 Å². The molecule has 2 N–H and O–H groups in total. The first-order chi connectivity index (χ1) is 9.25. The van der Waals surface area contributed by atoms with Crippen LogP contribution in [-0.4, -0.2) is 55.3 Å². The number of ether oxygens (including phenoxy) is 1. The summed E-state index contributed by atoms with van der Waals surface area (Å²) in [5, 5.41) is 12.2. The Morgan fingerprint density at radius 1 is 1.26 bits per heavy atom. The van der Waals surface area contributed by atoms with Gasteiger partial charge in [-0.15, -0.1) is 0 Å². The van der Waals surface area contributed by atoms with E-state index in [4.69, 9.17) is 9.84 Å². The van der Waals surface area contributed by atoms with Crippen molar-refractivity contribution in [3.8, 4) is 5.75 Å². The fourth-order valence-electron chi connectivity index (χ4n) is 2.11. The zero-order chi connectivity index (χ0) is 13.5. The van der Waals surface area contributed by atoms with Gasteiger partial charge in [0.25, 0.3) is 0 Å². The molecule has 5 heteroatoms. The Kier molecular flexibility index (Phi) is 5.18. The third kappa shape index (κ3) is 4.54. The number of carboxylic acids is 1. The molecule has 1 aromatic rings. The Hall–Kier alpha value is -1.59. The molecule has 104 valence electrons. The van der Waals surface area contributed by atoms with Gasteiger partial charge >= 0.3 is 5.97 Å². The highest BCUT2D eigenvalue weighted by Crippen LogP contribution is 2.12. The molecule has 0 radical (unpaired) electrons. The fourth-order valence-corrected chi connectivity index (χ4v) is 2.11. The van der Waals surface area contributed by atoms with Crippen LogP contribution in [0.2, 0.25) is 0 Å². The lowest BCUT2D eigenvalue weighted by atomic mass is 10.2. The molecule has 0 aliphatic carbocycles. The van der Waals surface area contributed by atoms with Gasteiger partial charge in [-0.1, -0.05) is 0 Å². The van der Waals surface area contributed by atoms with Crippen LogP contribution in [-0.2, 0) is 0 Å². The van der Waals surface area contributed by atoms with Crippen molar-refractivity contribution < 1.29 is 14.6 Å². The van der Waals surface area contributed by atoms with Crippen LogP contribution in [0.5, 0.6) is 5.75 Å². The number of hydrogen-bond donors (Lipinski definition) is 2. The summed E-state index contributed by atoms with van der Waals surface area (Å²) in [6.45, 7) is 5.83. The van der Waals surface area contributed by atoms with E-state index in [2.05, 4.69) is 10.2 Å². The molecule has 1 saturated heterocycles. The molecule has 0 bridgehead atoms. The van der Waals surface area contributed by atoms with Crippen LogP contribution in [0, 0.1) is 0 Å². The predicted octanol–water partition coefficient (Wildman–Crippen LogP) is 1.06. The average molecular weight is 264 g/mol. The van der Waals surface area contributed by atoms with Crippen LogP contribution in [0.25, 0.3) is 0 Å². The Labute approximate surface area is 113 Å². The summed E-state index contributed by atoms with van der Waals surface area (Å²) in [4.78, 5) is 13.1. The smallest absolute Gasteiger partial charge is 0.335 e. The summed E-state index contributed by atoms with van der Waals surface area (Å²) in [6, 6.07) is 6.53. The van der Waals surface area contributed by atoms with Gasteiger partial charge < -0.3 is 15.2 Å². The molecular formula is C14H20N2O3. The fraction of sp³-hybridized carbons (Fsp3) is 0.500. The Morgan fingerprint density at radius 3 is 2.79 bits per heavy atom. The third-order valence-corrected chi connectivity index (χ3v) is 3.21. The highest BCUT2D eigenvalue weighted by molar-refractivity contribution is 5.87. The predicted molar refractivity (Wildman–Crippen MR) is 72.8 cm³/mol. The summed E-state index contributed by atoms with van der Waals surface area (Å²) >= 11 is 0.